The van der Waals surface area contributed by atoms with E-state index in [1.54, 1.807) is 31.6 Å². The third kappa shape index (κ3) is 3.47. The van der Waals surface area contributed by atoms with Gasteiger partial charge in [0.25, 0.3) is 5.91 Å². The number of benzene rings is 1. The fraction of sp³-hybridized carbons (Fsp3) is 0.200. The number of aromatic nitrogens is 1. The van der Waals surface area contributed by atoms with E-state index in [0.29, 0.717) is 17.2 Å². The van der Waals surface area contributed by atoms with Gasteiger partial charge in [-0.3, -0.25) is 9.78 Å². The van der Waals surface area contributed by atoms with Crippen LogP contribution in [0.5, 0.6) is 11.5 Å². The lowest BCUT2D eigenvalue weighted by atomic mass is 10.2. The molecule has 1 N–H and O–H groups in total. The molecule has 1 aromatic heterocycles. The first kappa shape index (κ1) is 13.9. The van der Waals surface area contributed by atoms with Crippen molar-refractivity contribution in [3.63, 3.8) is 0 Å². The minimum Gasteiger partial charge on any atom is -0.493 e. The van der Waals surface area contributed by atoms with Crippen LogP contribution in [0.1, 0.15) is 5.56 Å². The van der Waals surface area contributed by atoms with E-state index in [2.05, 4.69) is 10.3 Å². The standard InChI is InChI=1S/C15H16N2O3/c1-11-7-8-16-9-12(11)17-15(18)10-20-14-6-4-3-5-13(14)19-2/h3-9H,10H2,1-2H3,(H,17,18). The maximum absolute atomic E-state index is 11.8. The van der Waals surface area contributed by atoms with Gasteiger partial charge in [0, 0.05) is 6.20 Å². The number of aryl methyl sites for hydroxylation is 1. The Bertz CT molecular complexity index is 599. The lowest BCUT2D eigenvalue weighted by Crippen LogP contribution is -2.20. The summed E-state index contributed by atoms with van der Waals surface area (Å²) >= 11 is 0. The van der Waals surface area contributed by atoms with Crippen LogP contribution in [0, 0.1) is 6.92 Å². The van der Waals surface area contributed by atoms with E-state index in [-0.39, 0.29) is 12.5 Å². The predicted octanol–water partition coefficient (Wildman–Crippen LogP) is 2.42. The van der Waals surface area contributed by atoms with E-state index < -0.39 is 0 Å². The minimum absolute atomic E-state index is 0.0886. The molecule has 0 aliphatic carbocycles. The van der Waals surface area contributed by atoms with E-state index in [1.807, 2.05) is 25.1 Å². The average Bonchev–Trinajstić information content (AvgIpc) is 2.48. The second kappa shape index (κ2) is 6.56. The number of amides is 1. The molecule has 1 heterocycles. The zero-order valence-electron chi connectivity index (χ0n) is 11.4. The van der Waals surface area contributed by atoms with Gasteiger partial charge in [-0.15, -0.1) is 0 Å². The van der Waals surface area contributed by atoms with Gasteiger partial charge < -0.3 is 14.8 Å². The summed E-state index contributed by atoms with van der Waals surface area (Å²) in [5, 5.41) is 2.75. The van der Waals surface area contributed by atoms with Crippen LogP contribution < -0.4 is 14.8 Å². The Morgan fingerprint density at radius 1 is 1.25 bits per heavy atom. The fourth-order valence-corrected chi connectivity index (χ4v) is 1.66. The third-order valence-electron chi connectivity index (χ3n) is 2.74. The van der Waals surface area contributed by atoms with Crippen molar-refractivity contribution in [1.29, 1.82) is 0 Å². The number of methoxy groups -OCH3 is 1. The van der Waals surface area contributed by atoms with Crippen molar-refractivity contribution in [3.8, 4) is 11.5 Å². The molecule has 2 rings (SSSR count). The van der Waals surface area contributed by atoms with E-state index >= 15 is 0 Å². The van der Waals surface area contributed by atoms with Gasteiger partial charge in [0.05, 0.1) is 19.0 Å². The molecule has 0 saturated carbocycles. The average molecular weight is 272 g/mol. The number of ether oxygens (including phenoxy) is 2. The molecule has 0 radical (unpaired) electrons. The number of carbonyl (C=O) groups excluding carboxylic acids is 1. The molecule has 0 aliphatic rings. The zero-order valence-corrected chi connectivity index (χ0v) is 11.4. The van der Waals surface area contributed by atoms with E-state index in [9.17, 15) is 4.79 Å². The van der Waals surface area contributed by atoms with Crippen molar-refractivity contribution in [2.24, 2.45) is 0 Å². The number of hydrogen-bond donors (Lipinski definition) is 1. The highest BCUT2D eigenvalue weighted by molar-refractivity contribution is 5.92. The van der Waals surface area contributed by atoms with Gasteiger partial charge in [-0.25, -0.2) is 0 Å². The molecule has 1 amide bonds. The summed E-state index contributed by atoms with van der Waals surface area (Å²) in [4.78, 5) is 15.8. The molecule has 0 unspecified atom stereocenters. The number of nitrogens with zero attached hydrogens (tertiary/aromatic N) is 1. The van der Waals surface area contributed by atoms with Gasteiger partial charge in [0.2, 0.25) is 0 Å². The van der Waals surface area contributed by atoms with E-state index in [0.717, 1.165) is 5.56 Å². The van der Waals surface area contributed by atoms with E-state index in [4.69, 9.17) is 9.47 Å². The van der Waals surface area contributed by atoms with Gasteiger partial charge in [-0.05, 0) is 30.7 Å². The third-order valence-corrected chi connectivity index (χ3v) is 2.74. The zero-order chi connectivity index (χ0) is 14.4. The van der Waals surface area contributed by atoms with Crippen LogP contribution >= 0.6 is 0 Å². The highest BCUT2D eigenvalue weighted by Gasteiger charge is 2.08. The molecule has 104 valence electrons. The molecule has 0 aliphatic heterocycles. The second-order valence-electron chi connectivity index (χ2n) is 4.18. The van der Waals surface area contributed by atoms with Crippen molar-refractivity contribution in [3.05, 3.63) is 48.3 Å². The Balaban J connectivity index is 1.94. The molecule has 0 bridgehead atoms. The first-order chi connectivity index (χ1) is 9.70. The number of rotatable bonds is 5. The molecule has 5 heteroatoms. The van der Waals surface area contributed by atoms with Crippen molar-refractivity contribution >= 4 is 11.6 Å². The van der Waals surface area contributed by atoms with Crippen LogP contribution in [0.2, 0.25) is 0 Å². The smallest absolute Gasteiger partial charge is 0.262 e. The predicted molar refractivity (Wildman–Crippen MR) is 76.1 cm³/mol. The number of anilines is 1. The number of nitrogens with one attached hydrogen (secondary N) is 1. The summed E-state index contributed by atoms with van der Waals surface area (Å²) in [6, 6.07) is 9.02. The van der Waals surface area contributed by atoms with Crippen LogP contribution in [0.4, 0.5) is 5.69 Å². The van der Waals surface area contributed by atoms with Crippen molar-refractivity contribution in [2.75, 3.05) is 19.0 Å². The lowest BCUT2D eigenvalue weighted by Gasteiger charge is -2.11. The summed E-state index contributed by atoms with van der Waals surface area (Å²) in [6.45, 7) is 1.81. The van der Waals surface area contributed by atoms with Crippen molar-refractivity contribution in [2.45, 2.75) is 6.92 Å². The Hall–Kier alpha value is -2.56. The highest BCUT2D eigenvalue weighted by atomic mass is 16.5. The Kier molecular flexibility index (Phi) is 4.55. The first-order valence-electron chi connectivity index (χ1n) is 6.17. The Morgan fingerprint density at radius 3 is 2.70 bits per heavy atom. The normalized spacial score (nSPS) is 9.90. The number of carbonyl (C=O) groups is 1. The van der Waals surface area contributed by atoms with Gasteiger partial charge >= 0.3 is 0 Å². The van der Waals surface area contributed by atoms with Crippen LogP contribution in [-0.4, -0.2) is 24.6 Å². The van der Waals surface area contributed by atoms with Gasteiger partial charge in [0.15, 0.2) is 18.1 Å². The van der Waals surface area contributed by atoms with Gasteiger partial charge in [-0.1, -0.05) is 12.1 Å². The maximum Gasteiger partial charge on any atom is 0.262 e. The summed E-state index contributed by atoms with van der Waals surface area (Å²) < 4.78 is 10.6. The monoisotopic (exact) mass is 272 g/mol. The molecule has 0 fully saturated rings. The van der Waals surface area contributed by atoms with Crippen LogP contribution in [0.25, 0.3) is 0 Å². The maximum atomic E-state index is 11.8. The topological polar surface area (TPSA) is 60.5 Å². The quantitative estimate of drug-likeness (QED) is 0.908. The molecular weight excluding hydrogens is 256 g/mol. The second-order valence-corrected chi connectivity index (χ2v) is 4.18. The first-order valence-corrected chi connectivity index (χ1v) is 6.17. The number of hydrogen-bond acceptors (Lipinski definition) is 4. The fourth-order valence-electron chi connectivity index (χ4n) is 1.66. The van der Waals surface area contributed by atoms with Gasteiger partial charge in [0.1, 0.15) is 0 Å². The summed E-state index contributed by atoms with van der Waals surface area (Å²) in [5.41, 5.74) is 1.63. The van der Waals surface area contributed by atoms with Crippen LogP contribution in [-0.2, 0) is 4.79 Å². The Morgan fingerprint density at radius 2 is 2.00 bits per heavy atom. The molecule has 5 nitrogen and oxygen atoms in total. The molecule has 20 heavy (non-hydrogen) atoms. The molecule has 0 atom stereocenters. The molecule has 0 saturated heterocycles. The Labute approximate surface area is 117 Å². The molecular formula is C15H16N2O3. The molecule has 0 spiro atoms. The summed E-state index contributed by atoms with van der Waals surface area (Å²) in [7, 11) is 1.56. The largest absolute Gasteiger partial charge is 0.493 e. The SMILES string of the molecule is COc1ccccc1OCC(=O)Nc1cnccc1C. The molecule has 2 aromatic rings. The lowest BCUT2D eigenvalue weighted by molar-refractivity contribution is -0.118. The molecule has 1 aromatic carbocycles. The van der Waals surface area contributed by atoms with Crippen LogP contribution in [0.3, 0.4) is 0 Å². The summed E-state index contributed by atoms with van der Waals surface area (Å²) in [6.07, 6.45) is 3.28. The van der Waals surface area contributed by atoms with Crippen molar-refractivity contribution < 1.29 is 14.3 Å². The highest BCUT2D eigenvalue weighted by Crippen LogP contribution is 2.25. The van der Waals surface area contributed by atoms with Crippen molar-refractivity contribution in [1.82, 2.24) is 4.98 Å². The number of para-hydroxylation sites is 2. The van der Waals surface area contributed by atoms with Gasteiger partial charge in [-0.2, -0.15) is 0 Å². The minimum atomic E-state index is -0.244. The van der Waals surface area contributed by atoms with Crippen LogP contribution in [0.15, 0.2) is 42.7 Å². The van der Waals surface area contributed by atoms with E-state index in [1.165, 1.54) is 0 Å². The summed E-state index contributed by atoms with van der Waals surface area (Å²) in [5.74, 6) is 0.887. The number of pyridine rings is 1.